The van der Waals surface area contributed by atoms with Crippen LogP contribution in [-0.2, 0) is 4.79 Å². The largest absolute Gasteiger partial charge is 0.356 e. The molecule has 0 heterocycles. The zero-order chi connectivity index (χ0) is 20.3. The maximum absolute atomic E-state index is 13.0. The summed E-state index contributed by atoms with van der Waals surface area (Å²) in [7, 11) is 1.86. The molecular formula is C24H30N2O2. The van der Waals surface area contributed by atoms with E-state index in [1.165, 1.54) is 11.1 Å². The van der Waals surface area contributed by atoms with Crippen LogP contribution in [0.3, 0.4) is 0 Å². The molecule has 2 aromatic rings. The third-order valence-electron chi connectivity index (χ3n) is 5.90. The van der Waals surface area contributed by atoms with Crippen molar-refractivity contribution in [3.63, 3.8) is 0 Å². The molecule has 1 saturated carbocycles. The van der Waals surface area contributed by atoms with E-state index in [0.717, 1.165) is 30.4 Å². The molecule has 1 fully saturated rings. The van der Waals surface area contributed by atoms with Gasteiger partial charge in [0.05, 0.1) is 0 Å². The zero-order valence-electron chi connectivity index (χ0n) is 17.3. The van der Waals surface area contributed by atoms with Crippen molar-refractivity contribution in [3.05, 3.63) is 59.2 Å². The summed E-state index contributed by atoms with van der Waals surface area (Å²) in [4.78, 5) is 26.9. The Morgan fingerprint density at radius 1 is 1.04 bits per heavy atom. The summed E-state index contributed by atoms with van der Waals surface area (Å²) in [5.41, 5.74) is 5.39. The molecule has 2 aromatic carbocycles. The molecule has 3 rings (SSSR count). The van der Waals surface area contributed by atoms with Crippen molar-refractivity contribution >= 4 is 11.8 Å². The van der Waals surface area contributed by atoms with Crippen molar-refractivity contribution in [2.24, 2.45) is 5.92 Å². The van der Waals surface area contributed by atoms with Crippen LogP contribution in [0.25, 0.3) is 11.1 Å². The van der Waals surface area contributed by atoms with Gasteiger partial charge in [0.1, 0.15) is 0 Å². The first-order valence-electron chi connectivity index (χ1n) is 10.1. The highest BCUT2D eigenvalue weighted by atomic mass is 16.2. The van der Waals surface area contributed by atoms with E-state index < -0.39 is 0 Å². The van der Waals surface area contributed by atoms with Crippen LogP contribution >= 0.6 is 0 Å². The van der Waals surface area contributed by atoms with Gasteiger partial charge in [-0.1, -0.05) is 30.3 Å². The number of amides is 2. The first-order valence-corrected chi connectivity index (χ1v) is 10.1. The van der Waals surface area contributed by atoms with Gasteiger partial charge in [0.15, 0.2) is 0 Å². The van der Waals surface area contributed by atoms with Crippen LogP contribution in [0.5, 0.6) is 0 Å². The third kappa shape index (κ3) is 4.11. The normalized spacial score (nSPS) is 18.7. The van der Waals surface area contributed by atoms with Gasteiger partial charge in [-0.25, -0.2) is 0 Å². The molecule has 1 aliphatic rings. The minimum Gasteiger partial charge on any atom is -0.356 e. The predicted molar refractivity (Wildman–Crippen MR) is 113 cm³/mol. The van der Waals surface area contributed by atoms with Crippen molar-refractivity contribution in [2.75, 3.05) is 13.6 Å². The monoisotopic (exact) mass is 378 g/mol. The zero-order valence-corrected chi connectivity index (χ0v) is 17.3. The third-order valence-corrected chi connectivity index (χ3v) is 5.90. The lowest BCUT2D eigenvalue weighted by molar-refractivity contribution is -0.124. The molecule has 0 radical (unpaired) electrons. The number of nitrogens with zero attached hydrogens (tertiary/aromatic N) is 1. The van der Waals surface area contributed by atoms with Gasteiger partial charge in [0.25, 0.3) is 5.91 Å². The molecule has 2 atom stereocenters. The second kappa shape index (κ2) is 8.59. The number of benzene rings is 2. The molecule has 2 amide bonds. The lowest BCUT2D eigenvalue weighted by Gasteiger charge is -2.25. The molecule has 0 spiro atoms. The quantitative estimate of drug-likeness (QED) is 0.841. The van der Waals surface area contributed by atoms with E-state index >= 15 is 0 Å². The van der Waals surface area contributed by atoms with Crippen molar-refractivity contribution < 1.29 is 9.59 Å². The Hall–Kier alpha value is -2.62. The predicted octanol–water partition coefficient (Wildman–Crippen LogP) is 4.35. The number of rotatable bonds is 5. The van der Waals surface area contributed by atoms with E-state index in [-0.39, 0.29) is 23.8 Å². The fourth-order valence-electron chi connectivity index (χ4n) is 4.21. The first kappa shape index (κ1) is 20.1. The molecule has 0 aliphatic heterocycles. The molecule has 1 aliphatic carbocycles. The van der Waals surface area contributed by atoms with Crippen LogP contribution in [0, 0.1) is 19.8 Å². The lowest BCUT2D eigenvalue weighted by Crippen LogP contribution is -2.36. The number of hydrogen-bond donors (Lipinski definition) is 1. The topological polar surface area (TPSA) is 49.4 Å². The fourth-order valence-corrected chi connectivity index (χ4v) is 4.21. The molecule has 0 aromatic heterocycles. The Kier molecular flexibility index (Phi) is 6.18. The second-order valence-electron chi connectivity index (χ2n) is 7.82. The van der Waals surface area contributed by atoms with Gasteiger partial charge >= 0.3 is 0 Å². The first-order chi connectivity index (χ1) is 13.4. The molecular weight excluding hydrogens is 348 g/mol. The SMILES string of the molecule is CCNC(=O)[C@H]1CC[C@@H](N(C)C(=O)c2ccc(-c3ccccc3C)c(C)c2)C1. The molecule has 4 nitrogen and oxygen atoms in total. The molecule has 0 unspecified atom stereocenters. The van der Waals surface area contributed by atoms with Crippen molar-refractivity contribution in [1.29, 1.82) is 0 Å². The van der Waals surface area contributed by atoms with Crippen LogP contribution in [0.1, 0.15) is 47.7 Å². The standard InChI is InChI=1S/C24H30N2O2/c1-5-25-23(27)18-10-12-20(15-18)26(4)24(28)19-11-13-22(17(3)14-19)21-9-7-6-8-16(21)2/h6-9,11,13-14,18,20H,5,10,12,15H2,1-4H3,(H,25,27)/t18-,20+/m0/s1. The van der Waals surface area contributed by atoms with Crippen molar-refractivity contribution in [1.82, 2.24) is 10.2 Å². The summed E-state index contributed by atoms with van der Waals surface area (Å²) in [6.45, 7) is 6.75. The summed E-state index contributed by atoms with van der Waals surface area (Å²) in [6.07, 6.45) is 2.47. The van der Waals surface area contributed by atoms with Gasteiger partial charge in [0.2, 0.25) is 5.91 Å². The van der Waals surface area contributed by atoms with Crippen LogP contribution in [0.15, 0.2) is 42.5 Å². The molecule has 28 heavy (non-hydrogen) atoms. The number of nitrogens with one attached hydrogen (secondary N) is 1. The average Bonchev–Trinajstić information content (AvgIpc) is 3.18. The van der Waals surface area contributed by atoms with Crippen molar-refractivity contribution in [3.8, 4) is 11.1 Å². The van der Waals surface area contributed by atoms with Crippen molar-refractivity contribution in [2.45, 2.75) is 46.1 Å². The molecule has 1 N–H and O–H groups in total. The smallest absolute Gasteiger partial charge is 0.253 e. The van der Waals surface area contributed by atoms with Gasteiger partial charge in [-0.05, 0) is 74.4 Å². The Balaban J connectivity index is 1.73. The molecule has 0 saturated heterocycles. The minimum absolute atomic E-state index is 0.0189. The van der Waals surface area contributed by atoms with Crippen LogP contribution in [0.4, 0.5) is 0 Å². The lowest BCUT2D eigenvalue weighted by atomic mass is 9.95. The summed E-state index contributed by atoms with van der Waals surface area (Å²) < 4.78 is 0. The molecule has 0 bridgehead atoms. The van der Waals surface area contributed by atoms with E-state index in [1.807, 2.05) is 49.2 Å². The van der Waals surface area contributed by atoms with Gasteiger partial charge in [-0.2, -0.15) is 0 Å². The van der Waals surface area contributed by atoms with Crippen LogP contribution in [0.2, 0.25) is 0 Å². The van der Waals surface area contributed by atoms with E-state index in [2.05, 4.69) is 31.3 Å². The highest BCUT2D eigenvalue weighted by Crippen LogP contribution is 2.31. The van der Waals surface area contributed by atoms with Gasteiger partial charge in [-0.3, -0.25) is 9.59 Å². The maximum Gasteiger partial charge on any atom is 0.253 e. The average molecular weight is 379 g/mol. The highest BCUT2D eigenvalue weighted by molar-refractivity contribution is 5.95. The number of carbonyl (C=O) groups excluding carboxylic acids is 2. The number of aryl methyl sites for hydroxylation is 2. The highest BCUT2D eigenvalue weighted by Gasteiger charge is 2.33. The molecule has 4 heteroatoms. The van der Waals surface area contributed by atoms with Gasteiger partial charge < -0.3 is 10.2 Å². The Morgan fingerprint density at radius 3 is 2.43 bits per heavy atom. The van der Waals surface area contributed by atoms with Crippen LogP contribution in [-0.4, -0.2) is 36.3 Å². The summed E-state index contributed by atoms with van der Waals surface area (Å²) >= 11 is 0. The minimum atomic E-state index is 0.0189. The Morgan fingerprint density at radius 2 is 1.75 bits per heavy atom. The van der Waals surface area contributed by atoms with Gasteiger partial charge in [0, 0.05) is 31.1 Å². The second-order valence-corrected chi connectivity index (χ2v) is 7.82. The van der Waals surface area contributed by atoms with E-state index in [4.69, 9.17) is 0 Å². The van der Waals surface area contributed by atoms with Gasteiger partial charge in [-0.15, -0.1) is 0 Å². The summed E-state index contributed by atoms with van der Waals surface area (Å²) in [5.74, 6) is 0.163. The molecule has 148 valence electrons. The van der Waals surface area contributed by atoms with E-state index in [0.29, 0.717) is 12.1 Å². The Bertz CT molecular complexity index is 875. The number of carbonyl (C=O) groups is 2. The Labute approximate surface area is 167 Å². The summed E-state index contributed by atoms with van der Waals surface area (Å²) in [6, 6.07) is 14.4. The fraction of sp³-hybridized carbons (Fsp3) is 0.417. The van der Waals surface area contributed by atoms with Crippen LogP contribution < -0.4 is 5.32 Å². The summed E-state index contributed by atoms with van der Waals surface area (Å²) in [5, 5.41) is 2.90. The van der Waals surface area contributed by atoms with E-state index in [9.17, 15) is 9.59 Å². The van der Waals surface area contributed by atoms with E-state index in [1.54, 1.807) is 0 Å². The maximum atomic E-state index is 13.0. The number of hydrogen-bond acceptors (Lipinski definition) is 2.